The molecule has 9 heteroatoms. The van der Waals surface area contributed by atoms with E-state index in [1.165, 1.54) is 0 Å². The third-order valence-electron chi connectivity index (χ3n) is 4.62. The van der Waals surface area contributed by atoms with Crippen molar-refractivity contribution in [2.24, 2.45) is 0 Å². The summed E-state index contributed by atoms with van der Waals surface area (Å²) in [7, 11) is -3.90. The molecule has 142 valence electrons. The maximum atomic E-state index is 13.0. The average Bonchev–Trinajstić information content (AvgIpc) is 3.09. The van der Waals surface area contributed by atoms with Gasteiger partial charge >= 0.3 is 6.18 Å². The minimum Gasteiger partial charge on any atom is -0.346 e. The minimum absolute atomic E-state index is 0.130. The fourth-order valence-electron chi connectivity index (χ4n) is 3.36. The maximum absolute atomic E-state index is 13.0. The number of alkyl halides is 3. The van der Waals surface area contributed by atoms with Crippen molar-refractivity contribution >= 4 is 22.0 Å². The van der Waals surface area contributed by atoms with Crippen LogP contribution in [0.1, 0.15) is 30.4 Å². The van der Waals surface area contributed by atoms with Gasteiger partial charge in [-0.3, -0.25) is 4.79 Å². The number of nitrogens with zero attached hydrogens (tertiary/aromatic N) is 1. The molecule has 1 N–H and O–H groups in total. The minimum atomic E-state index is -4.53. The Morgan fingerprint density at radius 3 is 2.69 bits per heavy atom. The van der Waals surface area contributed by atoms with Crippen LogP contribution in [0.15, 0.2) is 29.2 Å². The fraction of sp³-hybridized carbons (Fsp3) is 0.471. The van der Waals surface area contributed by atoms with Gasteiger partial charge < -0.3 is 5.32 Å². The zero-order valence-electron chi connectivity index (χ0n) is 13.9. The van der Waals surface area contributed by atoms with Gasteiger partial charge in [0.2, 0.25) is 15.9 Å². The number of fused-ring (bicyclic) bond motifs is 1. The predicted molar refractivity (Wildman–Crippen MR) is 90.5 cm³/mol. The SMILES string of the molecule is O=C(NCC(F)(F)F)C1CCCN1S(=O)(=O)C1=Cc2ccccc2CC1. The summed E-state index contributed by atoms with van der Waals surface area (Å²) in [6, 6.07) is 6.35. The van der Waals surface area contributed by atoms with E-state index in [2.05, 4.69) is 0 Å². The van der Waals surface area contributed by atoms with Gasteiger partial charge in [0.05, 0.1) is 4.91 Å². The first-order valence-corrected chi connectivity index (χ1v) is 9.77. The van der Waals surface area contributed by atoms with E-state index in [0.29, 0.717) is 19.3 Å². The van der Waals surface area contributed by atoms with Gasteiger partial charge in [0.1, 0.15) is 12.6 Å². The molecule has 2 aliphatic rings. The third kappa shape index (κ3) is 3.93. The molecule has 5 nitrogen and oxygen atoms in total. The first kappa shape index (κ1) is 18.9. The second-order valence-corrected chi connectivity index (χ2v) is 8.36. The summed E-state index contributed by atoms with van der Waals surface area (Å²) in [4.78, 5) is 12.3. The van der Waals surface area contributed by atoms with Crippen LogP contribution in [0.25, 0.3) is 6.08 Å². The van der Waals surface area contributed by atoms with E-state index in [-0.39, 0.29) is 17.9 Å². The quantitative estimate of drug-likeness (QED) is 0.862. The Hall–Kier alpha value is -1.87. The number of nitrogens with one attached hydrogen (secondary N) is 1. The van der Waals surface area contributed by atoms with E-state index in [1.807, 2.05) is 24.3 Å². The van der Waals surface area contributed by atoms with Crippen molar-refractivity contribution in [3.8, 4) is 0 Å². The first-order chi connectivity index (χ1) is 12.2. The first-order valence-electron chi connectivity index (χ1n) is 8.33. The summed E-state index contributed by atoms with van der Waals surface area (Å²) in [5.74, 6) is -0.903. The molecule has 0 aromatic heterocycles. The molecule has 1 unspecified atom stereocenters. The molecule has 1 saturated heterocycles. The molecule has 0 radical (unpaired) electrons. The van der Waals surface area contributed by atoms with Gasteiger partial charge in [0.25, 0.3) is 0 Å². The molecule has 1 aliphatic carbocycles. The zero-order chi connectivity index (χ0) is 18.9. The number of amides is 1. The lowest BCUT2D eigenvalue weighted by Crippen LogP contribution is -2.48. The molecule has 0 spiro atoms. The van der Waals surface area contributed by atoms with E-state index in [0.717, 1.165) is 15.4 Å². The number of allylic oxidation sites excluding steroid dienone is 1. The van der Waals surface area contributed by atoms with Crippen molar-refractivity contribution in [2.75, 3.05) is 13.1 Å². The fourth-order valence-corrected chi connectivity index (χ4v) is 5.20. The van der Waals surface area contributed by atoms with E-state index >= 15 is 0 Å². The Balaban J connectivity index is 1.80. The van der Waals surface area contributed by atoms with Gasteiger partial charge in [0.15, 0.2) is 0 Å². The van der Waals surface area contributed by atoms with Crippen LogP contribution < -0.4 is 5.32 Å². The topological polar surface area (TPSA) is 66.5 Å². The van der Waals surface area contributed by atoms with Crippen molar-refractivity contribution in [1.29, 1.82) is 0 Å². The van der Waals surface area contributed by atoms with Crippen molar-refractivity contribution < 1.29 is 26.4 Å². The number of hydrogen-bond donors (Lipinski definition) is 1. The maximum Gasteiger partial charge on any atom is 0.405 e. The Bertz CT molecular complexity index is 834. The normalized spacial score (nSPS) is 21.2. The number of aryl methyl sites for hydroxylation is 1. The van der Waals surface area contributed by atoms with Crippen LogP contribution in [0.3, 0.4) is 0 Å². The van der Waals surface area contributed by atoms with Crippen molar-refractivity contribution in [3.05, 3.63) is 40.3 Å². The summed E-state index contributed by atoms with van der Waals surface area (Å²) in [5, 5.41) is 1.80. The zero-order valence-corrected chi connectivity index (χ0v) is 14.7. The number of halogens is 3. The summed E-state index contributed by atoms with van der Waals surface area (Å²) in [6.45, 7) is -1.34. The van der Waals surface area contributed by atoms with Crippen LogP contribution in [0, 0.1) is 0 Å². The predicted octanol–water partition coefficient (Wildman–Crippen LogP) is 2.45. The van der Waals surface area contributed by atoms with Crippen molar-refractivity contribution in [1.82, 2.24) is 9.62 Å². The highest BCUT2D eigenvalue weighted by molar-refractivity contribution is 7.93. The second-order valence-electron chi connectivity index (χ2n) is 6.42. The molecule has 1 amide bonds. The number of rotatable bonds is 4. The number of carbonyl (C=O) groups is 1. The highest BCUT2D eigenvalue weighted by Gasteiger charge is 2.41. The summed E-state index contributed by atoms with van der Waals surface area (Å²) < 4.78 is 63.9. The molecule has 0 bridgehead atoms. The number of sulfonamides is 1. The van der Waals surface area contributed by atoms with Crippen LogP contribution >= 0.6 is 0 Å². The van der Waals surface area contributed by atoms with Crippen LogP contribution in [0.5, 0.6) is 0 Å². The molecule has 3 rings (SSSR count). The second kappa shape index (κ2) is 7.03. The Morgan fingerprint density at radius 2 is 1.96 bits per heavy atom. The number of carbonyl (C=O) groups excluding carboxylic acids is 1. The van der Waals surface area contributed by atoms with Crippen molar-refractivity contribution in [2.45, 2.75) is 37.9 Å². The molecular weight excluding hydrogens is 369 g/mol. The number of hydrogen-bond acceptors (Lipinski definition) is 3. The molecule has 1 fully saturated rings. The molecule has 0 saturated carbocycles. The highest BCUT2D eigenvalue weighted by atomic mass is 32.2. The average molecular weight is 388 g/mol. The Kier molecular flexibility index (Phi) is 5.12. The number of benzene rings is 1. The Morgan fingerprint density at radius 1 is 1.23 bits per heavy atom. The van der Waals surface area contributed by atoms with Gasteiger partial charge in [-0.2, -0.15) is 17.5 Å². The van der Waals surface area contributed by atoms with E-state index in [4.69, 9.17) is 0 Å². The monoisotopic (exact) mass is 388 g/mol. The van der Waals surface area contributed by atoms with Gasteiger partial charge in [-0.15, -0.1) is 0 Å². The van der Waals surface area contributed by atoms with Gasteiger partial charge in [-0.05, 0) is 42.9 Å². The van der Waals surface area contributed by atoms with E-state index < -0.39 is 34.7 Å². The molecule has 26 heavy (non-hydrogen) atoms. The van der Waals surface area contributed by atoms with E-state index in [9.17, 15) is 26.4 Å². The Labute approximate surface area is 149 Å². The third-order valence-corrected chi connectivity index (χ3v) is 6.66. The van der Waals surface area contributed by atoms with Crippen LogP contribution in [-0.2, 0) is 21.2 Å². The smallest absolute Gasteiger partial charge is 0.346 e. The van der Waals surface area contributed by atoms with Crippen LogP contribution in [0.2, 0.25) is 0 Å². The molecule has 1 aromatic carbocycles. The summed E-state index contributed by atoms with van der Waals surface area (Å²) in [5.41, 5.74) is 1.86. The highest BCUT2D eigenvalue weighted by Crippen LogP contribution is 2.32. The standard InChI is InChI=1S/C17H19F3N2O3S/c18-17(19,20)11-21-16(23)15-6-3-9-22(15)26(24,25)14-8-7-12-4-1-2-5-13(12)10-14/h1-2,4-5,10,15H,3,6-9,11H2,(H,21,23). The summed E-state index contributed by atoms with van der Waals surface area (Å²) in [6.07, 6.45) is -1.41. The van der Waals surface area contributed by atoms with Gasteiger partial charge in [-0.25, -0.2) is 8.42 Å². The largest absolute Gasteiger partial charge is 0.405 e. The summed E-state index contributed by atoms with van der Waals surface area (Å²) >= 11 is 0. The van der Waals surface area contributed by atoms with Crippen LogP contribution in [-0.4, -0.2) is 43.9 Å². The van der Waals surface area contributed by atoms with Gasteiger partial charge in [-0.1, -0.05) is 24.3 Å². The molecule has 1 aliphatic heterocycles. The molecular formula is C17H19F3N2O3S. The van der Waals surface area contributed by atoms with Crippen molar-refractivity contribution in [3.63, 3.8) is 0 Å². The molecule has 1 aromatic rings. The lowest BCUT2D eigenvalue weighted by Gasteiger charge is -2.26. The van der Waals surface area contributed by atoms with E-state index in [1.54, 1.807) is 11.4 Å². The van der Waals surface area contributed by atoms with Gasteiger partial charge in [0, 0.05) is 6.54 Å². The lowest BCUT2D eigenvalue weighted by atomic mass is 9.98. The molecule has 1 heterocycles. The lowest BCUT2D eigenvalue weighted by molar-refractivity contribution is -0.140. The molecule has 1 atom stereocenters. The van der Waals surface area contributed by atoms with Crippen LogP contribution in [0.4, 0.5) is 13.2 Å².